The van der Waals surface area contributed by atoms with Crippen LogP contribution in [0.1, 0.15) is 11.9 Å². The van der Waals surface area contributed by atoms with Crippen LogP contribution in [0.3, 0.4) is 0 Å². The summed E-state index contributed by atoms with van der Waals surface area (Å²) in [6.45, 7) is 1.12. The van der Waals surface area contributed by atoms with Crippen molar-refractivity contribution in [3.8, 4) is 11.5 Å². The van der Waals surface area contributed by atoms with Gasteiger partial charge < -0.3 is 18.8 Å². The molecule has 1 aliphatic heterocycles. The number of rotatable bonds is 5. The predicted octanol–water partition coefficient (Wildman–Crippen LogP) is 2.07. The summed E-state index contributed by atoms with van der Waals surface area (Å²) in [5.41, 5.74) is 0. The highest BCUT2D eigenvalue weighted by molar-refractivity contribution is 7.99. The van der Waals surface area contributed by atoms with E-state index < -0.39 is 0 Å². The van der Waals surface area contributed by atoms with Gasteiger partial charge in [0, 0.05) is 19.9 Å². The van der Waals surface area contributed by atoms with Crippen LogP contribution in [0.2, 0.25) is 0 Å². The van der Waals surface area contributed by atoms with E-state index in [1.807, 2.05) is 35.9 Å². The zero-order valence-electron chi connectivity index (χ0n) is 12.0. The van der Waals surface area contributed by atoms with E-state index in [4.69, 9.17) is 14.2 Å². The van der Waals surface area contributed by atoms with Crippen LogP contribution in [0.25, 0.3) is 0 Å². The number of para-hydroxylation sites is 2. The first-order valence-corrected chi connectivity index (χ1v) is 7.67. The molecule has 1 unspecified atom stereocenters. The van der Waals surface area contributed by atoms with Crippen molar-refractivity contribution in [2.75, 3.05) is 26.1 Å². The van der Waals surface area contributed by atoms with E-state index in [9.17, 15) is 0 Å². The predicted molar refractivity (Wildman–Crippen MR) is 78.9 cm³/mol. The normalized spacial score (nSPS) is 17.0. The first-order chi connectivity index (χ1) is 10.3. The lowest BCUT2D eigenvalue weighted by atomic mass is 10.2. The Kier molecular flexibility index (Phi) is 4.31. The van der Waals surface area contributed by atoms with Gasteiger partial charge in [0.25, 0.3) is 0 Å². The summed E-state index contributed by atoms with van der Waals surface area (Å²) in [4.78, 5) is 0. The van der Waals surface area contributed by atoms with Crippen molar-refractivity contribution >= 4 is 11.8 Å². The van der Waals surface area contributed by atoms with E-state index in [0.29, 0.717) is 13.2 Å². The molecule has 0 bridgehead atoms. The molecule has 112 valence electrons. The van der Waals surface area contributed by atoms with E-state index >= 15 is 0 Å². The molecule has 0 spiro atoms. The fourth-order valence-corrected chi connectivity index (χ4v) is 2.91. The zero-order chi connectivity index (χ0) is 14.7. The van der Waals surface area contributed by atoms with Gasteiger partial charge in [-0.1, -0.05) is 23.9 Å². The molecule has 0 fully saturated rings. The van der Waals surface area contributed by atoms with Crippen molar-refractivity contribution in [1.82, 2.24) is 14.8 Å². The largest absolute Gasteiger partial charge is 0.485 e. The highest BCUT2D eigenvalue weighted by atomic mass is 32.2. The summed E-state index contributed by atoms with van der Waals surface area (Å²) < 4.78 is 18.7. The van der Waals surface area contributed by atoms with Crippen molar-refractivity contribution in [3.05, 3.63) is 30.1 Å². The first-order valence-electron chi connectivity index (χ1n) is 6.69. The van der Waals surface area contributed by atoms with E-state index in [1.165, 1.54) is 0 Å². The maximum absolute atomic E-state index is 5.96. The maximum atomic E-state index is 5.96. The molecule has 0 saturated carbocycles. The van der Waals surface area contributed by atoms with Crippen molar-refractivity contribution in [2.45, 2.75) is 11.3 Å². The summed E-state index contributed by atoms with van der Waals surface area (Å²) in [6, 6.07) is 7.64. The van der Waals surface area contributed by atoms with Crippen LogP contribution >= 0.6 is 11.8 Å². The third-order valence-electron chi connectivity index (χ3n) is 3.18. The van der Waals surface area contributed by atoms with Crippen molar-refractivity contribution in [2.24, 2.45) is 7.05 Å². The van der Waals surface area contributed by atoms with Gasteiger partial charge in [0.05, 0.1) is 6.61 Å². The minimum Gasteiger partial charge on any atom is -0.485 e. The molecule has 0 aliphatic carbocycles. The summed E-state index contributed by atoms with van der Waals surface area (Å²) >= 11 is 1.61. The molecule has 7 heteroatoms. The average molecular weight is 307 g/mol. The van der Waals surface area contributed by atoms with Gasteiger partial charge in [0.1, 0.15) is 6.61 Å². The number of benzene rings is 1. The summed E-state index contributed by atoms with van der Waals surface area (Å²) in [7, 11) is 3.63. The standard InChI is InChI=1S/C14H17N3O3S/c1-17-13(15-16-14(17)21-8-7-18-2)12-9-19-10-5-3-4-6-11(10)20-12/h3-6,12H,7-9H2,1-2H3. The van der Waals surface area contributed by atoms with Gasteiger partial charge in [-0.25, -0.2) is 0 Å². The Bertz CT molecular complexity index is 617. The van der Waals surface area contributed by atoms with Gasteiger partial charge in [0.15, 0.2) is 28.6 Å². The Labute approximate surface area is 127 Å². The second-order valence-corrected chi connectivity index (χ2v) is 5.67. The fourth-order valence-electron chi connectivity index (χ4n) is 2.10. The van der Waals surface area contributed by atoms with Crippen molar-refractivity contribution < 1.29 is 14.2 Å². The van der Waals surface area contributed by atoms with Crippen LogP contribution < -0.4 is 9.47 Å². The summed E-state index contributed by atoms with van der Waals surface area (Å²) in [6.07, 6.45) is -0.242. The Hall–Kier alpha value is -1.73. The SMILES string of the molecule is COCCSc1nnc(C2COc3ccccc3O2)n1C. The lowest BCUT2D eigenvalue weighted by Crippen LogP contribution is -2.24. The van der Waals surface area contributed by atoms with Crippen LogP contribution in [-0.4, -0.2) is 40.8 Å². The minimum absolute atomic E-state index is 0.242. The van der Waals surface area contributed by atoms with Crippen LogP contribution in [0.15, 0.2) is 29.4 Å². The smallest absolute Gasteiger partial charge is 0.192 e. The molecular weight excluding hydrogens is 290 g/mol. The molecule has 0 N–H and O–H groups in total. The van der Waals surface area contributed by atoms with Crippen LogP contribution in [-0.2, 0) is 11.8 Å². The number of nitrogens with zero attached hydrogens (tertiary/aromatic N) is 3. The van der Waals surface area contributed by atoms with Crippen LogP contribution in [0, 0.1) is 0 Å². The molecule has 1 aliphatic rings. The van der Waals surface area contributed by atoms with E-state index in [1.54, 1.807) is 18.9 Å². The number of thioether (sulfide) groups is 1. The van der Waals surface area contributed by atoms with E-state index in [2.05, 4.69) is 10.2 Å². The van der Waals surface area contributed by atoms with Gasteiger partial charge in [-0.15, -0.1) is 10.2 Å². The number of aromatic nitrogens is 3. The molecule has 1 aromatic heterocycles. The van der Waals surface area contributed by atoms with Gasteiger partial charge in [-0.05, 0) is 12.1 Å². The van der Waals surface area contributed by atoms with Crippen LogP contribution in [0.5, 0.6) is 11.5 Å². The zero-order valence-corrected chi connectivity index (χ0v) is 12.8. The summed E-state index contributed by atoms with van der Waals surface area (Å²) in [5.74, 6) is 3.12. The number of fused-ring (bicyclic) bond motifs is 1. The Morgan fingerprint density at radius 3 is 2.95 bits per heavy atom. The molecule has 0 radical (unpaired) electrons. The second kappa shape index (κ2) is 6.36. The molecule has 1 aromatic carbocycles. The van der Waals surface area contributed by atoms with Gasteiger partial charge in [-0.2, -0.15) is 0 Å². The fraction of sp³-hybridized carbons (Fsp3) is 0.429. The molecule has 3 rings (SSSR count). The van der Waals surface area contributed by atoms with E-state index in [0.717, 1.165) is 28.2 Å². The highest BCUT2D eigenvalue weighted by Gasteiger charge is 2.27. The molecule has 2 heterocycles. The number of hydrogen-bond donors (Lipinski definition) is 0. The lowest BCUT2D eigenvalue weighted by Gasteiger charge is -2.25. The highest BCUT2D eigenvalue weighted by Crippen LogP contribution is 2.35. The topological polar surface area (TPSA) is 58.4 Å². The second-order valence-electron chi connectivity index (χ2n) is 4.61. The molecule has 21 heavy (non-hydrogen) atoms. The molecule has 0 amide bonds. The first kappa shape index (κ1) is 14.2. The Balaban J connectivity index is 1.73. The molecule has 1 atom stereocenters. The number of methoxy groups -OCH3 is 1. The lowest BCUT2D eigenvalue weighted by molar-refractivity contribution is 0.0825. The Morgan fingerprint density at radius 1 is 1.33 bits per heavy atom. The van der Waals surface area contributed by atoms with Crippen molar-refractivity contribution in [3.63, 3.8) is 0 Å². The van der Waals surface area contributed by atoms with Crippen LogP contribution in [0.4, 0.5) is 0 Å². The third-order valence-corrected chi connectivity index (χ3v) is 4.17. The number of hydrogen-bond acceptors (Lipinski definition) is 6. The molecule has 0 saturated heterocycles. The van der Waals surface area contributed by atoms with E-state index in [-0.39, 0.29) is 6.10 Å². The third kappa shape index (κ3) is 2.98. The summed E-state index contributed by atoms with van der Waals surface area (Å²) in [5, 5.41) is 9.29. The van der Waals surface area contributed by atoms with Gasteiger partial charge >= 0.3 is 0 Å². The molecule has 6 nitrogen and oxygen atoms in total. The average Bonchev–Trinajstić information content (AvgIpc) is 2.88. The number of ether oxygens (including phenoxy) is 3. The molecule has 2 aromatic rings. The quantitative estimate of drug-likeness (QED) is 0.622. The monoisotopic (exact) mass is 307 g/mol. The Morgan fingerprint density at radius 2 is 2.14 bits per heavy atom. The van der Waals surface area contributed by atoms with Gasteiger partial charge in [-0.3, -0.25) is 0 Å². The minimum atomic E-state index is -0.242. The van der Waals surface area contributed by atoms with Crippen molar-refractivity contribution in [1.29, 1.82) is 0 Å². The molecular formula is C14H17N3O3S. The maximum Gasteiger partial charge on any atom is 0.192 e. The van der Waals surface area contributed by atoms with Gasteiger partial charge in [0.2, 0.25) is 0 Å².